The van der Waals surface area contributed by atoms with Gasteiger partial charge in [-0.2, -0.15) is 4.98 Å². The van der Waals surface area contributed by atoms with E-state index in [1.807, 2.05) is 39.0 Å². The molecule has 1 aliphatic rings. The molecular formula is C33H38N6O5S. The van der Waals surface area contributed by atoms with Crippen molar-refractivity contribution >= 4 is 21.9 Å². The van der Waals surface area contributed by atoms with Crippen LogP contribution in [-0.2, 0) is 16.6 Å². The third-order valence-corrected chi connectivity index (χ3v) is 8.72. The van der Waals surface area contributed by atoms with Crippen LogP contribution in [0.5, 0.6) is 11.6 Å². The molecule has 236 valence electrons. The number of carbonyl (C=O) groups excluding carboxylic acids is 1. The zero-order valence-electron chi connectivity index (χ0n) is 26.1. The van der Waals surface area contributed by atoms with Crippen molar-refractivity contribution in [2.24, 2.45) is 5.92 Å². The fourth-order valence-corrected chi connectivity index (χ4v) is 6.27. The molecule has 0 unspecified atom stereocenters. The van der Waals surface area contributed by atoms with Crippen molar-refractivity contribution in [3.63, 3.8) is 0 Å². The lowest BCUT2D eigenvalue weighted by Crippen LogP contribution is -2.44. The monoisotopic (exact) mass is 630 g/mol. The highest BCUT2D eigenvalue weighted by atomic mass is 32.2. The van der Waals surface area contributed by atoms with Crippen LogP contribution in [0.1, 0.15) is 60.9 Å². The Morgan fingerprint density at radius 3 is 2.44 bits per heavy atom. The summed E-state index contributed by atoms with van der Waals surface area (Å²) in [5, 5.41) is 0. The predicted octanol–water partition coefficient (Wildman–Crippen LogP) is 5.59. The van der Waals surface area contributed by atoms with Gasteiger partial charge in [0.1, 0.15) is 12.4 Å². The Balaban J connectivity index is 1.61. The van der Waals surface area contributed by atoms with Gasteiger partial charge in [0.05, 0.1) is 42.2 Å². The van der Waals surface area contributed by atoms with E-state index in [0.717, 1.165) is 23.1 Å². The molecule has 0 spiro atoms. The van der Waals surface area contributed by atoms with Crippen LogP contribution in [0.25, 0.3) is 11.3 Å². The number of rotatable bonds is 8. The van der Waals surface area contributed by atoms with Crippen molar-refractivity contribution in [3.8, 4) is 22.9 Å². The maximum Gasteiger partial charge on any atom is 0.264 e. The highest BCUT2D eigenvalue weighted by Crippen LogP contribution is 2.30. The molecule has 0 saturated carbocycles. The second-order valence-corrected chi connectivity index (χ2v) is 13.2. The molecule has 5 rings (SSSR count). The van der Waals surface area contributed by atoms with Gasteiger partial charge in [0.2, 0.25) is 11.8 Å². The Kier molecular flexibility index (Phi) is 9.62. The van der Waals surface area contributed by atoms with E-state index < -0.39 is 16.1 Å². The largest absolute Gasteiger partial charge is 0.490 e. The fourth-order valence-electron chi connectivity index (χ4n) is 5.28. The van der Waals surface area contributed by atoms with E-state index >= 15 is 0 Å². The molecule has 0 fully saturated rings. The van der Waals surface area contributed by atoms with E-state index in [0.29, 0.717) is 30.3 Å². The van der Waals surface area contributed by atoms with E-state index in [-0.39, 0.29) is 47.3 Å². The minimum absolute atomic E-state index is 0.0749. The predicted molar refractivity (Wildman–Crippen MR) is 171 cm³/mol. The van der Waals surface area contributed by atoms with Gasteiger partial charge >= 0.3 is 0 Å². The summed E-state index contributed by atoms with van der Waals surface area (Å²) in [7, 11) is -4.16. The number of benzene rings is 2. The standard InChI is InChI=1S/C33H38N6O5S/c1-6-13-43-26-17-34-29(35-18-26)19-39-25(14-21(2)3)20-44-30-16-28(31-22(4)9-7-10-23(31)5)36-33(37-30)38-45(41,42)27-12-8-11-24(15-27)32(39)40/h7-12,15-18,21,25H,6,13-14,19-20H2,1-5H3,(H,36,37,38)/t25-/m1/s1. The lowest BCUT2D eigenvalue weighted by Gasteiger charge is -2.32. The Bertz CT molecular complexity index is 1760. The minimum atomic E-state index is -4.16. The van der Waals surface area contributed by atoms with Crippen LogP contribution in [0, 0.1) is 19.8 Å². The molecule has 3 heterocycles. The maximum absolute atomic E-state index is 14.2. The van der Waals surface area contributed by atoms with Crippen molar-refractivity contribution in [1.29, 1.82) is 0 Å². The molecule has 1 atom stereocenters. The molecule has 1 amide bonds. The molecule has 45 heavy (non-hydrogen) atoms. The first-order valence-electron chi connectivity index (χ1n) is 15.0. The molecule has 0 aliphatic carbocycles. The smallest absolute Gasteiger partial charge is 0.264 e. The van der Waals surface area contributed by atoms with Gasteiger partial charge in [0.15, 0.2) is 5.75 Å². The molecule has 0 saturated heterocycles. The van der Waals surface area contributed by atoms with Gasteiger partial charge in [-0.1, -0.05) is 45.0 Å². The van der Waals surface area contributed by atoms with Gasteiger partial charge in [-0.15, -0.1) is 0 Å². The number of amides is 1. The Morgan fingerprint density at radius 2 is 1.76 bits per heavy atom. The quantitative estimate of drug-likeness (QED) is 0.264. The molecule has 11 nitrogen and oxygen atoms in total. The molecule has 2 aromatic heterocycles. The number of fused-ring (bicyclic) bond motifs is 4. The summed E-state index contributed by atoms with van der Waals surface area (Å²) in [4.78, 5) is 33.6. The molecule has 0 radical (unpaired) electrons. The number of aromatic nitrogens is 4. The SMILES string of the molecule is CCCOc1cnc(CN2C(=O)c3cccc(c3)S(=O)(=O)Nc3nc(cc(-c4c(C)cccc4C)n3)OC[C@H]2CC(C)C)nc1. The van der Waals surface area contributed by atoms with Crippen LogP contribution in [0.3, 0.4) is 0 Å². The Hall–Kier alpha value is -4.58. The first-order valence-corrected chi connectivity index (χ1v) is 16.5. The van der Waals surface area contributed by atoms with E-state index in [2.05, 4.69) is 38.5 Å². The van der Waals surface area contributed by atoms with E-state index in [4.69, 9.17) is 9.47 Å². The average Bonchev–Trinajstić information content (AvgIpc) is 3.00. The summed E-state index contributed by atoms with van der Waals surface area (Å²) >= 11 is 0. The van der Waals surface area contributed by atoms with Crippen molar-refractivity contribution < 1.29 is 22.7 Å². The summed E-state index contributed by atoms with van der Waals surface area (Å²) in [6, 6.07) is 13.1. The van der Waals surface area contributed by atoms with Crippen LogP contribution < -0.4 is 14.2 Å². The van der Waals surface area contributed by atoms with Crippen molar-refractivity contribution in [2.75, 3.05) is 17.9 Å². The molecule has 4 bridgehead atoms. The number of carbonyl (C=O) groups is 1. The molecule has 1 N–H and O–H groups in total. The summed E-state index contributed by atoms with van der Waals surface area (Å²) in [6.45, 7) is 10.8. The highest BCUT2D eigenvalue weighted by molar-refractivity contribution is 7.92. The zero-order valence-corrected chi connectivity index (χ0v) is 27.0. The third kappa shape index (κ3) is 7.56. The summed E-state index contributed by atoms with van der Waals surface area (Å²) < 4.78 is 41.5. The first-order chi connectivity index (χ1) is 21.5. The Labute approximate surface area is 264 Å². The van der Waals surface area contributed by atoms with Gasteiger partial charge in [-0.05, 0) is 61.9 Å². The summed E-state index contributed by atoms with van der Waals surface area (Å²) in [5.41, 5.74) is 3.52. The van der Waals surface area contributed by atoms with Crippen LogP contribution in [0.2, 0.25) is 0 Å². The van der Waals surface area contributed by atoms with Crippen LogP contribution in [0.15, 0.2) is 65.8 Å². The second-order valence-electron chi connectivity index (χ2n) is 11.5. The van der Waals surface area contributed by atoms with Gasteiger partial charge in [-0.25, -0.2) is 28.1 Å². The maximum atomic E-state index is 14.2. The van der Waals surface area contributed by atoms with E-state index in [1.165, 1.54) is 12.1 Å². The topological polar surface area (TPSA) is 136 Å². The minimum Gasteiger partial charge on any atom is -0.490 e. The van der Waals surface area contributed by atoms with Gasteiger partial charge in [0, 0.05) is 17.2 Å². The number of sulfonamides is 1. The van der Waals surface area contributed by atoms with Gasteiger partial charge < -0.3 is 14.4 Å². The molecule has 12 heteroatoms. The summed E-state index contributed by atoms with van der Waals surface area (Å²) in [6.07, 6.45) is 4.63. The number of aryl methyl sites for hydroxylation is 2. The van der Waals surface area contributed by atoms with Crippen LogP contribution in [-0.4, -0.2) is 58.4 Å². The van der Waals surface area contributed by atoms with Crippen molar-refractivity contribution in [1.82, 2.24) is 24.8 Å². The van der Waals surface area contributed by atoms with E-state index in [1.54, 1.807) is 35.5 Å². The molecule has 4 aromatic rings. The first kappa shape index (κ1) is 31.8. The van der Waals surface area contributed by atoms with Gasteiger partial charge in [0.25, 0.3) is 15.9 Å². The second kappa shape index (κ2) is 13.6. The third-order valence-electron chi connectivity index (χ3n) is 7.39. The number of nitrogens with one attached hydrogen (secondary N) is 1. The normalized spacial score (nSPS) is 16.2. The van der Waals surface area contributed by atoms with Gasteiger partial charge in [-0.3, -0.25) is 4.79 Å². The van der Waals surface area contributed by atoms with Crippen LogP contribution in [0.4, 0.5) is 5.95 Å². The number of anilines is 1. The molecule has 1 aliphatic heterocycles. The number of nitrogens with zero attached hydrogens (tertiary/aromatic N) is 5. The van der Waals surface area contributed by atoms with Crippen molar-refractivity contribution in [3.05, 3.63) is 83.4 Å². The number of hydrogen-bond donors (Lipinski definition) is 1. The number of ether oxygens (including phenoxy) is 2. The Morgan fingerprint density at radius 1 is 1.04 bits per heavy atom. The lowest BCUT2D eigenvalue weighted by atomic mass is 10.00. The summed E-state index contributed by atoms with van der Waals surface area (Å²) in [5.74, 6) is 0.846. The van der Waals surface area contributed by atoms with Crippen LogP contribution >= 0.6 is 0 Å². The fraction of sp³-hybridized carbons (Fsp3) is 0.364. The zero-order chi connectivity index (χ0) is 32.1. The van der Waals surface area contributed by atoms with Crippen molar-refractivity contribution in [2.45, 2.75) is 64.9 Å². The van der Waals surface area contributed by atoms with E-state index in [9.17, 15) is 13.2 Å². The molecular weight excluding hydrogens is 592 g/mol. The highest BCUT2D eigenvalue weighted by Gasteiger charge is 2.30. The molecule has 2 aromatic carbocycles. The lowest BCUT2D eigenvalue weighted by molar-refractivity contribution is 0.0545. The number of hydrogen-bond acceptors (Lipinski definition) is 9. The average molecular weight is 631 g/mol.